The Kier molecular flexibility index (Phi) is 4.10. The summed E-state index contributed by atoms with van der Waals surface area (Å²) in [4.78, 5) is 20.0. The molecule has 5 heteroatoms. The summed E-state index contributed by atoms with van der Waals surface area (Å²) in [7, 11) is 0. The van der Waals surface area contributed by atoms with Gasteiger partial charge in [-0.25, -0.2) is 0 Å². The number of carbonyl (C=O) groups excluding carboxylic acids is 1. The SMILES string of the molecule is O=C(N1CC2(CC(OCc3ccccn3)CS2)C1)C12CC3CC(CC(C3)C1)C2. The number of aromatic nitrogens is 1. The molecule has 28 heavy (non-hydrogen) atoms. The highest BCUT2D eigenvalue weighted by Crippen LogP contribution is 2.61. The van der Waals surface area contributed by atoms with E-state index in [9.17, 15) is 4.79 Å². The molecule has 7 rings (SSSR count). The molecule has 0 radical (unpaired) electrons. The minimum Gasteiger partial charge on any atom is -0.371 e. The van der Waals surface area contributed by atoms with Crippen LogP contribution in [0.3, 0.4) is 0 Å². The van der Waals surface area contributed by atoms with E-state index in [1.165, 1.54) is 38.5 Å². The minimum atomic E-state index is 0.0223. The Balaban J connectivity index is 1.05. The summed E-state index contributed by atoms with van der Waals surface area (Å²) in [6.45, 7) is 2.49. The molecule has 0 aromatic carbocycles. The molecule has 0 N–H and O–H groups in total. The van der Waals surface area contributed by atoms with Crippen LogP contribution in [0.5, 0.6) is 0 Å². The van der Waals surface area contributed by atoms with Crippen molar-refractivity contribution in [3.63, 3.8) is 0 Å². The first-order valence-corrected chi connectivity index (χ1v) is 12.0. The van der Waals surface area contributed by atoms with Gasteiger partial charge in [-0.3, -0.25) is 9.78 Å². The summed E-state index contributed by atoms with van der Waals surface area (Å²) in [5.74, 6) is 4.09. The Morgan fingerprint density at radius 1 is 1.11 bits per heavy atom. The van der Waals surface area contributed by atoms with Crippen molar-refractivity contribution < 1.29 is 9.53 Å². The van der Waals surface area contributed by atoms with Crippen LogP contribution >= 0.6 is 11.8 Å². The van der Waals surface area contributed by atoms with Crippen LogP contribution in [0.25, 0.3) is 0 Å². The van der Waals surface area contributed by atoms with Crippen molar-refractivity contribution in [1.29, 1.82) is 0 Å². The van der Waals surface area contributed by atoms with Crippen molar-refractivity contribution in [3.05, 3.63) is 30.1 Å². The largest absolute Gasteiger partial charge is 0.371 e. The van der Waals surface area contributed by atoms with E-state index in [4.69, 9.17) is 4.74 Å². The second-order valence-corrected chi connectivity index (χ2v) is 11.8. The van der Waals surface area contributed by atoms with Gasteiger partial charge in [0.05, 0.1) is 28.6 Å². The number of hydrogen-bond acceptors (Lipinski definition) is 4. The van der Waals surface area contributed by atoms with Crippen LogP contribution in [-0.2, 0) is 16.1 Å². The predicted octanol–water partition coefficient (Wildman–Crippen LogP) is 3.90. The fraction of sp³-hybridized carbons (Fsp3) is 0.739. The number of pyridine rings is 1. The molecule has 150 valence electrons. The third-order valence-electron chi connectivity index (χ3n) is 8.11. The van der Waals surface area contributed by atoms with Crippen LogP contribution in [0, 0.1) is 23.2 Å². The normalized spacial score (nSPS) is 40.1. The van der Waals surface area contributed by atoms with Gasteiger partial charge >= 0.3 is 0 Å². The van der Waals surface area contributed by atoms with E-state index in [1.807, 2.05) is 36.2 Å². The maximum atomic E-state index is 13.5. The second kappa shape index (κ2) is 6.46. The number of amides is 1. The molecular formula is C23H30N2O2S. The van der Waals surface area contributed by atoms with E-state index in [1.54, 1.807) is 0 Å². The average molecular weight is 399 g/mol. The summed E-state index contributed by atoms with van der Waals surface area (Å²) >= 11 is 2.03. The molecule has 1 spiro atoms. The number of rotatable bonds is 4. The summed E-state index contributed by atoms with van der Waals surface area (Å²) in [6.07, 6.45) is 11.0. The van der Waals surface area contributed by atoms with Gasteiger partial charge < -0.3 is 9.64 Å². The zero-order chi connectivity index (χ0) is 18.8. The Morgan fingerprint density at radius 3 is 2.46 bits per heavy atom. The molecule has 1 atom stereocenters. The number of ether oxygens (including phenoxy) is 1. The monoisotopic (exact) mass is 398 g/mol. The standard InChI is InChI=1S/C23H30N2O2S/c26-21(22-8-16-5-17(9-22)7-18(6-16)10-22)25-14-23(15-25)11-20(13-28-23)27-12-19-3-1-2-4-24-19/h1-4,16-18,20H,5-15H2. The summed E-state index contributed by atoms with van der Waals surface area (Å²) < 4.78 is 6.39. The van der Waals surface area contributed by atoms with Crippen LogP contribution in [0.1, 0.15) is 50.6 Å². The number of hydrogen-bond donors (Lipinski definition) is 0. The highest BCUT2D eigenvalue weighted by atomic mass is 32.2. The van der Waals surface area contributed by atoms with Crippen molar-refractivity contribution in [2.75, 3.05) is 18.8 Å². The first-order chi connectivity index (χ1) is 13.6. The van der Waals surface area contributed by atoms with Gasteiger partial charge in [0.1, 0.15) is 0 Å². The van der Waals surface area contributed by atoms with E-state index in [0.717, 1.165) is 48.7 Å². The number of nitrogens with zero attached hydrogens (tertiary/aromatic N) is 2. The van der Waals surface area contributed by atoms with Crippen LogP contribution in [0.4, 0.5) is 0 Å². The van der Waals surface area contributed by atoms with E-state index < -0.39 is 0 Å². The minimum absolute atomic E-state index is 0.0223. The maximum Gasteiger partial charge on any atom is 0.228 e. The van der Waals surface area contributed by atoms with Crippen LogP contribution in [-0.4, -0.2) is 45.5 Å². The molecule has 4 aliphatic carbocycles. The van der Waals surface area contributed by atoms with Gasteiger partial charge in [0.15, 0.2) is 0 Å². The van der Waals surface area contributed by atoms with Gasteiger partial charge in [-0.1, -0.05) is 6.07 Å². The molecule has 3 heterocycles. The molecule has 2 saturated heterocycles. The predicted molar refractivity (Wildman–Crippen MR) is 110 cm³/mol. The third kappa shape index (κ3) is 2.92. The number of thioether (sulfide) groups is 1. The quantitative estimate of drug-likeness (QED) is 0.771. The van der Waals surface area contributed by atoms with Crippen molar-refractivity contribution in [2.24, 2.45) is 23.2 Å². The molecule has 4 nitrogen and oxygen atoms in total. The van der Waals surface area contributed by atoms with Gasteiger partial charge in [0.2, 0.25) is 5.91 Å². The van der Waals surface area contributed by atoms with Crippen LogP contribution < -0.4 is 0 Å². The Hall–Kier alpha value is -1.07. The van der Waals surface area contributed by atoms with E-state index >= 15 is 0 Å². The van der Waals surface area contributed by atoms with Crippen molar-refractivity contribution in [3.8, 4) is 0 Å². The Morgan fingerprint density at radius 2 is 1.82 bits per heavy atom. The summed E-state index contributed by atoms with van der Waals surface area (Å²) in [5.41, 5.74) is 1.02. The molecule has 2 aliphatic heterocycles. The fourth-order valence-corrected chi connectivity index (χ4v) is 8.87. The molecule has 4 bridgehead atoms. The smallest absolute Gasteiger partial charge is 0.228 e. The van der Waals surface area contributed by atoms with Gasteiger partial charge in [0.25, 0.3) is 0 Å². The molecule has 1 unspecified atom stereocenters. The van der Waals surface area contributed by atoms with E-state index in [0.29, 0.717) is 18.6 Å². The zero-order valence-electron chi connectivity index (χ0n) is 16.5. The van der Waals surface area contributed by atoms with Gasteiger partial charge in [-0.15, -0.1) is 11.8 Å². The van der Waals surface area contributed by atoms with E-state index in [2.05, 4.69) is 9.88 Å². The molecule has 4 saturated carbocycles. The van der Waals surface area contributed by atoms with Crippen molar-refractivity contribution in [1.82, 2.24) is 9.88 Å². The lowest BCUT2D eigenvalue weighted by Crippen LogP contribution is -2.65. The van der Waals surface area contributed by atoms with Gasteiger partial charge in [0, 0.05) is 25.0 Å². The lowest BCUT2D eigenvalue weighted by atomic mass is 9.49. The van der Waals surface area contributed by atoms with Crippen LogP contribution in [0.2, 0.25) is 0 Å². The third-order valence-corrected chi connectivity index (χ3v) is 9.68. The molecule has 6 fully saturated rings. The number of likely N-dealkylation sites (tertiary alicyclic amines) is 1. The molecule has 1 aromatic rings. The highest BCUT2D eigenvalue weighted by molar-refractivity contribution is 8.01. The first kappa shape index (κ1) is 17.8. The fourth-order valence-electron chi connectivity index (χ4n) is 7.32. The lowest BCUT2D eigenvalue weighted by Gasteiger charge is -2.59. The summed E-state index contributed by atoms with van der Waals surface area (Å²) in [6, 6.07) is 5.97. The van der Waals surface area contributed by atoms with E-state index in [-0.39, 0.29) is 10.2 Å². The molecule has 1 amide bonds. The average Bonchev–Trinajstić information content (AvgIpc) is 3.09. The van der Waals surface area contributed by atoms with Gasteiger partial charge in [-0.05, 0) is 74.8 Å². The molecular weight excluding hydrogens is 368 g/mol. The second-order valence-electron chi connectivity index (χ2n) is 10.3. The zero-order valence-corrected chi connectivity index (χ0v) is 17.3. The van der Waals surface area contributed by atoms with Gasteiger partial charge in [-0.2, -0.15) is 0 Å². The van der Waals surface area contributed by atoms with Crippen molar-refractivity contribution >= 4 is 17.7 Å². The molecule has 1 aromatic heterocycles. The highest BCUT2D eigenvalue weighted by Gasteiger charge is 2.59. The summed E-state index contributed by atoms with van der Waals surface area (Å²) in [5, 5.41) is 0. The lowest BCUT2D eigenvalue weighted by molar-refractivity contribution is -0.163. The first-order valence-electron chi connectivity index (χ1n) is 11.1. The topological polar surface area (TPSA) is 42.4 Å². The van der Waals surface area contributed by atoms with Crippen LogP contribution in [0.15, 0.2) is 24.4 Å². The number of carbonyl (C=O) groups is 1. The maximum absolute atomic E-state index is 13.5. The Bertz CT molecular complexity index is 726. The van der Waals surface area contributed by atoms with Crippen molar-refractivity contribution in [2.45, 2.75) is 62.4 Å². The molecule has 6 aliphatic rings. The Labute approximate surface area is 171 Å².